The van der Waals surface area contributed by atoms with Crippen molar-refractivity contribution >= 4 is 35.1 Å². The van der Waals surface area contributed by atoms with E-state index in [4.69, 9.17) is 28.3 Å². The molecule has 0 saturated carbocycles. The summed E-state index contributed by atoms with van der Waals surface area (Å²) in [7, 11) is 16.8. The molecule has 0 unspecified atom stereocenters. The molecule has 2 aromatic carbocycles. The van der Waals surface area contributed by atoms with Crippen LogP contribution in [0, 0.1) is 5.82 Å². The highest BCUT2D eigenvalue weighted by molar-refractivity contribution is 6.59. The number of benzene rings is 2. The van der Waals surface area contributed by atoms with Crippen LogP contribution in [-0.2, 0) is 11.3 Å². The first-order valence-corrected chi connectivity index (χ1v) is 8.90. The van der Waals surface area contributed by atoms with Crippen LogP contribution in [-0.4, -0.2) is 34.4 Å². The normalized spacial score (nSPS) is 11.8. The van der Waals surface area contributed by atoms with Crippen molar-refractivity contribution < 1.29 is 27.1 Å². The van der Waals surface area contributed by atoms with E-state index in [1.165, 1.54) is 12.3 Å². The molecule has 1 heterocycles. The highest BCUT2D eigenvalue weighted by Crippen LogP contribution is 2.37. The minimum atomic E-state index is -4.75. The molecule has 32 heavy (non-hydrogen) atoms. The van der Waals surface area contributed by atoms with Crippen molar-refractivity contribution in [3.8, 4) is 11.5 Å². The van der Waals surface area contributed by atoms with E-state index >= 15 is 0 Å². The van der Waals surface area contributed by atoms with E-state index in [2.05, 4.69) is 10.3 Å². The fourth-order valence-electron chi connectivity index (χ4n) is 2.74. The first-order chi connectivity index (χ1) is 14.8. The number of amides is 1. The van der Waals surface area contributed by atoms with Gasteiger partial charge in [-0.1, -0.05) is 0 Å². The van der Waals surface area contributed by atoms with Gasteiger partial charge in [-0.3, -0.25) is 9.59 Å². The van der Waals surface area contributed by atoms with Crippen molar-refractivity contribution in [1.29, 1.82) is 0 Å². The van der Waals surface area contributed by atoms with Crippen LogP contribution < -0.4 is 15.6 Å². The number of anilines is 1. The van der Waals surface area contributed by atoms with E-state index in [9.17, 15) is 27.2 Å². The Labute approximate surface area is 183 Å². The Kier molecular flexibility index (Phi) is 6.25. The number of pyridine rings is 1. The van der Waals surface area contributed by atoms with Gasteiger partial charge in [-0.25, -0.2) is 4.39 Å². The minimum Gasteiger partial charge on any atom is -0.456 e. The van der Waals surface area contributed by atoms with Gasteiger partial charge in [0, 0.05) is 18.0 Å². The van der Waals surface area contributed by atoms with Crippen molar-refractivity contribution in [2.45, 2.75) is 11.3 Å². The van der Waals surface area contributed by atoms with Crippen LogP contribution in [0.15, 0.2) is 59.5 Å². The maximum atomic E-state index is 13.7. The number of carbonyl (C=O) groups is 1. The minimum absolute atomic E-state index is 0.0944. The Balaban J connectivity index is 2.07. The Morgan fingerprint density at radius 3 is 2.31 bits per heavy atom. The smallest absolute Gasteiger partial charge is 0.416 e. The molecule has 12 heteroatoms. The summed E-state index contributed by atoms with van der Waals surface area (Å²) < 4.78 is 58.9. The highest BCUT2D eigenvalue weighted by Gasteiger charge is 2.32. The molecule has 3 aromatic rings. The first-order valence-electron chi connectivity index (χ1n) is 8.90. The van der Waals surface area contributed by atoms with Crippen molar-refractivity contribution in [2.75, 3.05) is 5.32 Å². The van der Waals surface area contributed by atoms with E-state index in [1.54, 1.807) is 0 Å². The number of H-pyrrole nitrogens is 1. The number of ether oxygens (including phenoxy) is 1. The molecule has 0 spiro atoms. The number of nitrogens with one attached hydrogen (secondary N) is 2. The topological polar surface area (TPSA) is 71.2 Å². The van der Waals surface area contributed by atoms with Crippen LogP contribution in [0.1, 0.15) is 21.5 Å². The third kappa shape index (κ3) is 5.43. The maximum absolute atomic E-state index is 13.7. The molecule has 1 aromatic heterocycles. The summed E-state index contributed by atoms with van der Waals surface area (Å²) in [5, 5.41) is 0.292. The van der Waals surface area contributed by atoms with Gasteiger partial charge >= 0.3 is 6.18 Å². The molecule has 0 aliphatic carbocycles. The lowest BCUT2D eigenvalue weighted by Crippen LogP contribution is -2.27. The van der Waals surface area contributed by atoms with E-state index in [1.807, 2.05) is 0 Å². The van der Waals surface area contributed by atoms with E-state index in [-0.39, 0.29) is 22.6 Å². The molecule has 5 nitrogen and oxygen atoms in total. The molecule has 3 rings (SSSR count). The molecule has 0 saturated heterocycles. The SMILES string of the molecule is [B]C([B])([B])c1cc(F)ccc1Oc1cc(C(F)(F)F)ccc1C(=O)Nc1cc[nH]c(=O)c1. The zero-order chi connectivity index (χ0) is 23.7. The Bertz CT molecular complexity index is 1220. The molecule has 156 valence electrons. The molecule has 0 atom stereocenters. The fourth-order valence-corrected chi connectivity index (χ4v) is 2.74. The summed E-state index contributed by atoms with van der Waals surface area (Å²) in [5.74, 6) is -2.43. The second-order valence-corrected chi connectivity index (χ2v) is 6.78. The number of hydrogen-bond donors (Lipinski definition) is 2. The fraction of sp³-hybridized carbons (Fsp3) is 0.100. The zero-order valence-electron chi connectivity index (χ0n) is 16.2. The molecule has 0 aliphatic rings. The number of halogens is 4. The molecular formula is C20H11B3F4N2O3. The maximum Gasteiger partial charge on any atom is 0.416 e. The lowest BCUT2D eigenvalue weighted by atomic mass is 9.40. The quantitative estimate of drug-likeness (QED) is 0.477. The summed E-state index contributed by atoms with van der Waals surface area (Å²) in [4.78, 5) is 26.5. The van der Waals surface area contributed by atoms with Crippen LogP contribution in [0.2, 0.25) is 0 Å². The monoisotopic (exact) mass is 436 g/mol. The van der Waals surface area contributed by atoms with Crippen molar-refractivity contribution in [3.63, 3.8) is 0 Å². The zero-order valence-corrected chi connectivity index (χ0v) is 16.2. The predicted octanol–water partition coefficient (Wildman–Crippen LogP) is 3.19. The van der Waals surface area contributed by atoms with Gasteiger partial charge < -0.3 is 15.0 Å². The van der Waals surface area contributed by atoms with Gasteiger partial charge in [0.1, 0.15) is 17.3 Å². The highest BCUT2D eigenvalue weighted by atomic mass is 19.4. The largest absolute Gasteiger partial charge is 0.456 e. The van der Waals surface area contributed by atoms with E-state index in [0.717, 1.165) is 30.3 Å². The van der Waals surface area contributed by atoms with Crippen molar-refractivity contribution in [1.82, 2.24) is 4.98 Å². The Morgan fingerprint density at radius 1 is 0.969 bits per heavy atom. The van der Waals surface area contributed by atoms with Crippen LogP contribution in [0.4, 0.5) is 23.2 Å². The predicted molar refractivity (Wildman–Crippen MR) is 112 cm³/mol. The van der Waals surface area contributed by atoms with Crippen molar-refractivity contribution in [3.05, 3.63) is 87.6 Å². The van der Waals surface area contributed by atoms with Gasteiger partial charge in [-0.05, 0) is 48.0 Å². The number of hydrogen-bond acceptors (Lipinski definition) is 3. The first kappa shape index (κ1) is 23.2. The van der Waals surface area contributed by atoms with Gasteiger partial charge in [0.2, 0.25) is 5.56 Å². The Morgan fingerprint density at radius 2 is 1.69 bits per heavy atom. The van der Waals surface area contributed by atoms with Gasteiger partial charge in [0.15, 0.2) is 0 Å². The Hall–Kier alpha value is -3.43. The van der Waals surface area contributed by atoms with E-state index < -0.39 is 39.9 Å². The standard InChI is InChI=1S/C20H11B3F4N2O3/c21-19(22,23)14-8-11(24)2-4-15(14)32-16-7-10(20(25,26)27)1-3-13(16)18(31)29-12-5-6-28-17(30)9-12/h1-9H,(H2,28,29,30,31). The third-order valence-corrected chi connectivity index (χ3v) is 4.21. The van der Waals surface area contributed by atoms with Crippen LogP contribution in [0.5, 0.6) is 11.5 Å². The number of aromatic amines is 1. The van der Waals surface area contributed by atoms with Crippen molar-refractivity contribution in [2.24, 2.45) is 0 Å². The lowest BCUT2D eigenvalue weighted by molar-refractivity contribution is -0.137. The summed E-state index contributed by atoms with van der Waals surface area (Å²) in [5.41, 5.74) is -2.09. The number of aromatic nitrogens is 1. The molecule has 6 radical (unpaired) electrons. The number of rotatable bonds is 5. The van der Waals surface area contributed by atoms with Gasteiger partial charge in [-0.2, -0.15) is 13.2 Å². The summed E-state index contributed by atoms with van der Waals surface area (Å²) in [6.07, 6.45) is -3.47. The number of carbonyl (C=O) groups excluding carboxylic acids is 1. The molecule has 0 bridgehead atoms. The number of alkyl halides is 3. The second-order valence-electron chi connectivity index (χ2n) is 6.78. The summed E-state index contributed by atoms with van der Waals surface area (Å²) in [6, 6.07) is 7.48. The average Bonchev–Trinajstić information content (AvgIpc) is 2.67. The molecule has 0 aliphatic heterocycles. The molecule has 1 amide bonds. The van der Waals surface area contributed by atoms with Gasteiger partial charge in [0.05, 0.1) is 34.7 Å². The summed E-state index contributed by atoms with van der Waals surface area (Å²) >= 11 is 0. The third-order valence-electron chi connectivity index (χ3n) is 4.21. The van der Waals surface area contributed by atoms with E-state index in [0.29, 0.717) is 12.1 Å². The molecular weight excluding hydrogens is 425 g/mol. The molecule has 2 N–H and O–H groups in total. The average molecular weight is 436 g/mol. The van der Waals surface area contributed by atoms with Crippen LogP contribution in [0.3, 0.4) is 0 Å². The van der Waals surface area contributed by atoms with Crippen LogP contribution >= 0.6 is 0 Å². The van der Waals surface area contributed by atoms with Gasteiger partial charge in [-0.15, -0.1) is 5.11 Å². The molecule has 0 fully saturated rings. The van der Waals surface area contributed by atoms with Crippen LogP contribution in [0.25, 0.3) is 0 Å². The second kappa shape index (κ2) is 8.60. The van der Waals surface area contributed by atoms with Gasteiger partial charge in [0.25, 0.3) is 5.91 Å². The summed E-state index contributed by atoms with van der Waals surface area (Å²) in [6.45, 7) is 0. The lowest BCUT2D eigenvalue weighted by Gasteiger charge is -2.24.